The zero-order chi connectivity index (χ0) is 15.4. The van der Waals surface area contributed by atoms with Crippen molar-refractivity contribution < 1.29 is 0 Å². The first-order valence-corrected chi connectivity index (χ1v) is 8.47. The Labute approximate surface area is 140 Å². The summed E-state index contributed by atoms with van der Waals surface area (Å²) >= 11 is 2.34. The maximum atomic E-state index is 4.73. The maximum Gasteiger partial charge on any atom is 0.143 e. The highest BCUT2D eigenvalue weighted by Gasteiger charge is 2.11. The van der Waals surface area contributed by atoms with E-state index in [9.17, 15) is 0 Å². The van der Waals surface area contributed by atoms with Gasteiger partial charge in [-0.15, -0.1) is 0 Å². The highest BCUT2D eigenvalue weighted by atomic mass is 127. The van der Waals surface area contributed by atoms with Gasteiger partial charge in [0.2, 0.25) is 0 Å². The molecule has 1 N–H and O–H groups in total. The summed E-state index contributed by atoms with van der Waals surface area (Å²) in [4.78, 5) is 9.43. The van der Waals surface area contributed by atoms with E-state index in [0.29, 0.717) is 0 Å². The minimum atomic E-state index is 0.783. The third kappa shape index (κ3) is 4.15. The number of hydrogen-bond acceptors (Lipinski definition) is 3. The van der Waals surface area contributed by atoms with Crippen LogP contribution in [-0.2, 0) is 12.8 Å². The maximum absolute atomic E-state index is 4.73. The van der Waals surface area contributed by atoms with Crippen molar-refractivity contribution in [2.75, 3.05) is 11.9 Å². The van der Waals surface area contributed by atoms with Gasteiger partial charge in [0.1, 0.15) is 11.6 Å². The summed E-state index contributed by atoms with van der Waals surface area (Å²) in [6, 6.07) is 6.62. The van der Waals surface area contributed by atoms with E-state index >= 15 is 0 Å². The lowest BCUT2D eigenvalue weighted by atomic mass is 10.0. The van der Waals surface area contributed by atoms with Crippen LogP contribution in [0.15, 0.2) is 18.2 Å². The van der Waals surface area contributed by atoms with Gasteiger partial charge in [0.25, 0.3) is 0 Å². The van der Waals surface area contributed by atoms with Crippen molar-refractivity contribution in [1.82, 2.24) is 9.97 Å². The number of hydrogen-bond donors (Lipinski definition) is 1. The second-order valence-electron chi connectivity index (χ2n) is 5.31. The van der Waals surface area contributed by atoms with Crippen LogP contribution < -0.4 is 5.32 Å². The molecule has 0 fully saturated rings. The van der Waals surface area contributed by atoms with Crippen LogP contribution in [0.25, 0.3) is 0 Å². The third-order valence-corrected chi connectivity index (χ3v) is 4.42. The molecule has 0 amide bonds. The molecule has 112 valence electrons. The summed E-state index contributed by atoms with van der Waals surface area (Å²) in [7, 11) is 0. The van der Waals surface area contributed by atoms with Crippen molar-refractivity contribution in [2.45, 2.75) is 40.5 Å². The Hall–Kier alpha value is -1.17. The van der Waals surface area contributed by atoms with Crippen LogP contribution in [0.1, 0.15) is 42.1 Å². The van der Waals surface area contributed by atoms with E-state index in [1.54, 1.807) is 0 Å². The predicted octanol–water partition coefficient (Wildman–Crippen LogP) is 4.28. The average Bonchev–Trinajstić information content (AvgIpc) is 2.41. The number of anilines is 1. The molecule has 0 radical (unpaired) electrons. The number of benzene rings is 1. The first-order chi connectivity index (χ1) is 10.0. The minimum absolute atomic E-state index is 0.783. The first kappa shape index (κ1) is 16.2. The van der Waals surface area contributed by atoms with Gasteiger partial charge in [-0.05, 0) is 55.3 Å². The molecule has 0 aliphatic rings. The van der Waals surface area contributed by atoms with Crippen molar-refractivity contribution in [3.05, 3.63) is 50.0 Å². The van der Waals surface area contributed by atoms with Gasteiger partial charge in [0, 0.05) is 13.0 Å². The highest BCUT2D eigenvalue weighted by Crippen LogP contribution is 2.21. The Balaban J connectivity index is 2.36. The van der Waals surface area contributed by atoms with Crippen molar-refractivity contribution >= 4 is 28.4 Å². The second-order valence-corrected chi connectivity index (χ2v) is 6.38. The molecule has 0 unspecified atom stereocenters. The molecule has 1 aromatic heterocycles. The summed E-state index contributed by atoms with van der Waals surface area (Å²) < 4.78 is 1.14. The summed E-state index contributed by atoms with van der Waals surface area (Å²) in [5.41, 5.74) is 4.98. The monoisotopic (exact) mass is 395 g/mol. The largest absolute Gasteiger partial charge is 0.369 e. The van der Waals surface area contributed by atoms with Crippen molar-refractivity contribution in [2.24, 2.45) is 0 Å². The molecule has 0 aliphatic carbocycles. The molecule has 21 heavy (non-hydrogen) atoms. The Kier molecular flexibility index (Phi) is 5.56. The lowest BCUT2D eigenvalue weighted by Crippen LogP contribution is -2.10. The topological polar surface area (TPSA) is 37.8 Å². The molecular weight excluding hydrogens is 373 g/mol. The number of aryl methyl sites for hydroxylation is 3. The standard InChI is InChI=1S/C17H22IN3/c1-5-14-16(18)17(19-6-2)21-15(20-14)10-13-8-11(3)7-12(4)9-13/h7-9H,5-6,10H2,1-4H3,(H,19,20,21). The van der Waals surface area contributed by atoms with E-state index in [1.807, 2.05) is 0 Å². The molecule has 0 atom stereocenters. The predicted molar refractivity (Wildman–Crippen MR) is 97.0 cm³/mol. The number of halogens is 1. The molecule has 0 saturated carbocycles. The van der Waals surface area contributed by atoms with E-state index < -0.39 is 0 Å². The molecule has 3 nitrogen and oxygen atoms in total. The fraction of sp³-hybridized carbons (Fsp3) is 0.412. The number of aromatic nitrogens is 2. The lowest BCUT2D eigenvalue weighted by molar-refractivity contribution is 0.892. The quantitative estimate of drug-likeness (QED) is 0.768. The fourth-order valence-corrected chi connectivity index (χ4v) is 3.31. The van der Waals surface area contributed by atoms with Gasteiger partial charge in [0.15, 0.2) is 0 Å². The van der Waals surface area contributed by atoms with E-state index in [0.717, 1.165) is 40.3 Å². The number of rotatable bonds is 5. The van der Waals surface area contributed by atoms with Crippen LogP contribution in [0.5, 0.6) is 0 Å². The van der Waals surface area contributed by atoms with Crippen LogP contribution in [0.3, 0.4) is 0 Å². The van der Waals surface area contributed by atoms with E-state index in [2.05, 4.69) is 73.8 Å². The summed E-state index contributed by atoms with van der Waals surface area (Å²) in [5.74, 6) is 1.86. The molecule has 0 bridgehead atoms. The van der Waals surface area contributed by atoms with Gasteiger partial charge in [0.05, 0.1) is 9.26 Å². The van der Waals surface area contributed by atoms with Gasteiger partial charge in [-0.1, -0.05) is 36.2 Å². The van der Waals surface area contributed by atoms with Crippen molar-refractivity contribution in [3.63, 3.8) is 0 Å². The third-order valence-electron chi connectivity index (χ3n) is 3.29. The molecule has 0 spiro atoms. The average molecular weight is 395 g/mol. The van der Waals surface area contributed by atoms with Crippen LogP contribution in [0, 0.1) is 17.4 Å². The highest BCUT2D eigenvalue weighted by molar-refractivity contribution is 14.1. The molecule has 0 aliphatic heterocycles. The van der Waals surface area contributed by atoms with E-state index in [-0.39, 0.29) is 0 Å². The summed E-state index contributed by atoms with van der Waals surface area (Å²) in [6.45, 7) is 9.37. The van der Waals surface area contributed by atoms with Gasteiger partial charge < -0.3 is 5.32 Å². The van der Waals surface area contributed by atoms with Gasteiger partial charge in [-0.25, -0.2) is 9.97 Å². The zero-order valence-corrected chi connectivity index (χ0v) is 15.3. The second kappa shape index (κ2) is 7.20. The Bertz CT molecular complexity index is 618. The Morgan fingerprint density at radius 2 is 1.71 bits per heavy atom. The van der Waals surface area contributed by atoms with Crippen LogP contribution >= 0.6 is 22.6 Å². The smallest absolute Gasteiger partial charge is 0.143 e. The minimum Gasteiger partial charge on any atom is -0.369 e. The first-order valence-electron chi connectivity index (χ1n) is 7.39. The number of nitrogens with zero attached hydrogens (tertiary/aromatic N) is 2. The van der Waals surface area contributed by atoms with Crippen LogP contribution in [-0.4, -0.2) is 16.5 Å². The van der Waals surface area contributed by atoms with Gasteiger partial charge in [-0.3, -0.25) is 0 Å². The summed E-state index contributed by atoms with van der Waals surface area (Å²) in [6.07, 6.45) is 1.71. The Morgan fingerprint density at radius 1 is 1.05 bits per heavy atom. The SMILES string of the molecule is CCNc1nc(Cc2cc(C)cc(C)c2)nc(CC)c1I. The zero-order valence-electron chi connectivity index (χ0n) is 13.1. The van der Waals surface area contributed by atoms with Crippen LogP contribution in [0.4, 0.5) is 5.82 Å². The molecule has 4 heteroatoms. The molecule has 0 saturated heterocycles. The molecule has 2 rings (SSSR count). The van der Waals surface area contributed by atoms with E-state index in [1.165, 1.54) is 16.7 Å². The normalized spacial score (nSPS) is 10.7. The molecule has 1 heterocycles. The lowest BCUT2D eigenvalue weighted by Gasteiger charge is -2.12. The van der Waals surface area contributed by atoms with Crippen LogP contribution in [0.2, 0.25) is 0 Å². The van der Waals surface area contributed by atoms with Gasteiger partial charge >= 0.3 is 0 Å². The van der Waals surface area contributed by atoms with Gasteiger partial charge in [-0.2, -0.15) is 0 Å². The molecular formula is C17H22IN3. The number of nitrogens with one attached hydrogen (secondary N) is 1. The summed E-state index contributed by atoms with van der Waals surface area (Å²) in [5, 5.41) is 3.34. The molecule has 1 aromatic carbocycles. The fourth-order valence-electron chi connectivity index (χ4n) is 2.50. The Morgan fingerprint density at radius 3 is 2.29 bits per heavy atom. The van der Waals surface area contributed by atoms with Crippen molar-refractivity contribution in [1.29, 1.82) is 0 Å². The van der Waals surface area contributed by atoms with E-state index in [4.69, 9.17) is 9.97 Å². The van der Waals surface area contributed by atoms with Crippen molar-refractivity contribution in [3.8, 4) is 0 Å². The molecule has 2 aromatic rings.